The molecule has 0 radical (unpaired) electrons. The number of hydrogen-bond donors (Lipinski definition) is 1. The first-order valence-corrected chi connectivity index (χ1v) is 30.8. The number of nitrogens with zero attached hydrogens (tertiary/aromatic N) is 4. The van der Waals surface area contributed by atoms with Gasteiger partial charge in [-0.1, -0.05) is 207 Å². The van der Waals surface area contributed by atoms with Crippen molar-refractivity contribution in [2.75, 3.05) is 23.4 Å². The highest BCUT2D eigenvalue weighted by atomic mass is 32.1. The average molecular weight is 1140 g/mol. The molecule has 0 amide bonds. The molecule has 6 nitrogen and oxygen atoms in total. The van der Waals surface area contributed by atoms with Crippen molar-refractivity contribution in [1.82, 2.24) is 13.3 Å². The van der Waals surface area contributed by atoms with Gasteiger partial charge in [0, 0.05) is 45.6 Å². The predicted molar refractivity (Wildman–Crippen MR) is 367 cm³/mol. The number of anilines is 4. The molecule has 87 heavy (non-hydrogen) atoms. The van der Waals surface area contributed by atoms with E-state index in [9.17, 15) is 0 Å². The van der Waals surface area contributed by atoms with Gasteiger partial charge in [-0.15, -0.1) is 0 Å². The monoisotopic (exact) mass is 1140 g/mol. The van der Waals surface area contributed by atoms with Crippen molar-refractivity contribution in [1.29, 1.82) is 0 Å². The molecular weight excluding hydrogens is 1080 g/mol. The lowest BCUT2D eigenvalue weighted by Crippen LogP contribution is -2.17. The Morgan fingerprint density at radius 3 is 1.62 bits per heavy atom. The Labute approximate surface area is 511 Å². The molecule has 12 aromatic carbocycles. The summed E-state index contributed by atoms with van der Waals surface area (Å²) in [5.74, 6) is 0. The molecule has 0 aliphatic heterocycles. The van der Waals surface area contributed by atoms with Gasteiger partial charge >= 0.3 is 0 Å². The first-order valence-electron chi connectivity index (χ1n) is 30.0. The molecule has 1 aliphatic carbocycles. The number of nitrogens with one attached hydrogen (secondary N) is 1. The van der Waals surface area contributed by atoms with Crippen LogP contribution >= 0.6 is 11.7 Å². The zero-order valence-electron chi connectivity index (χ0n) is 48.2. The van der Waals surface area contributed by atoms with Crippen LogP contribution in [0.4, 0.5) is 22.7 Å². The third kappa shape index (κ3) is 10.5. The second-order valence-electron chi connectivity index (χ2n) is 22.3. The highest BCUT2D eigenvalue weighted by Gasteiger charge is 2.24. The van der Waals surface area contributed by atoms with Gasteiger partial charge in [-0.2, -0.15) is 8.75 Å². The highest BCUT2D eigenvalue weighted by Crippen LogP contribution is 2.46. The summed E-state index contributed by atoms with van der Waals surface area (Å²) in [6.07, 6.45) is 8.57. The summed E-state index contributed by atoms with van der Waals surface area (Å²) in [4.78, 5) is 2.33. The predicted octanol–water partition coefficient (Wildman–Crippen LogP) is 21.3. The summed E-state index contributed by atoms with van der Waals surface area (Å²) in [6, 6.07) is 98.9. The van der Waals surface area contributed by atoms with Gasteiger partial charge < -0.3 is 19.5 Å². The maximum absolute atomic E-state index is 6.42. The van der Waals surface area contributed by atoms with Gasteiger partial charge in [0.25, 0.3) is 0 Å². The van der Waals surface area contributed by atoms with Crippen LogP contribution in [0.1, 0.15) is 18.9 Å². The molecule has 1 N–H and O–H groups in total. The van der Waals surface area contributed by atoms with Crippen LogP contribution in [-0.2, 0) is 11.2 Å². The Kier molecular flexibility index (Phi) is 14.4. The third-order valence-corrected chi connectivity index (χ3v) is 17.6. The van der Waals surface area contributed by atoms with Gasteiger partial charge in [0.2, 0.25) is 0 Å². The average Bonchev–Trinajstić information content (AvgIpc) is 1.63. The molecule has 2 heterocycles. The summed E-state index contributed by atoms with van der Waals surface area (Å²) in [6.45, 7) is 3.55. The summed E-state index contributed by atoms with van der Waals surface area (Å²) < 4.78 is 19.2. The Bertz CT molecular complexity index is 4790. The maximum Gasteiger partial charge on any atom is 0.129 e. The van der Waals surface area contributed by atoms with Gasteiger partial charge in [-0.05, 0) is 181 Å². The SMILES string of the molecule is CCc1ccc(-c2cc3c(c4ccccc24)c2cc(-c4ccc(N(c5ccc(-c6ccccc6)cc5)c5ccc(-c6cc(-c7ccccc7)cc(-c7ccccc7)c6)cc5)c5nsnc45)ccc2n3C2=CCC(OCCNc3ccccc3)C=C2)cc1. The van der Waals surface area contributed by atoms with Crippen LogP contribution in [0.25, 0.3) is 116 Å². The number of allylic oxidation sites excluding steroid dienone is 2. The lowest BCUT2D eigenvalue weighted by molar-refractivity contribution is 0.0949. The van der Waals surface area contributed by atoms with Crippen LogP contribution in [0, 0.1) is 0 Å². The van der Waals surface area contributed by atoms with E-state index < -0.39 is 0 Å². The third-order valence-electron chi connectivity index (χ3n) is 17.1. The Morgan fingerprint density at radius 2 is 1.01 bits per heavy atom. The zero-order chi connectivity index (χ0) is 58.0. The fourth-order valence-electron chi connectivity index (χ4n) is 12.6. The van der Waals surface area contributed by atoms with Crippen molar-refractivity contribution in [2.45, 2.75) is 25.9 Å². The maximum atomic E-state index is 6.42. The van der Waals surface area contributed by atoms with E-state index in [1.165, 1.54) is 77.8 Å². The minimum absolute atomic E-state index is 0.0165. The van der Waals surface area contributed by atoms with E-state index in [4.69, 9.17) is 13.5 Å². The Morgan fingerprint density at radius 1 is 0.471 bits per heavy atom. The van der Waals surface area contributed by atoms with Crippen molar-refractivity contribution in [3.05, 3.63) is 297 Å². The van der Waals surface area contributed by atoms with E-state index in [0.29, 0.717) is 6.61 Å². The van der Waals surface area contributed by atoms with E-state index in [2.05, 4.69) is 295 Å². The van der Waals surface area contributed by atoms with Gasteiger partial charge in [0.1, 0.15) is 11.0 Å². The molecule has 0 spiro atoms. The molecule has 2 aromatic heterocycles. The number of ether oxygens (including phenoxy) is 1. The van der Waals surface area contributed by atoms with E-state index >= 15 is 0 Å². The molecule has 0 bridgehead atoms. The molecule has 1 aliphatic rings. The lowest BCUT2D eigenvalue weighted by Gasteiger charge is -2.26. The summed E-state index contributed by atoms with van der Waals surface area (Å²) >= 11 is 1.26. The van der Waals surface area contributed by atoms with Crippen LogP contribution in [0.15, 0.2) is 291 Å². The van der Waals surface area contributed by atoms with Crippen LogP contribution < -0.4 is 10.2 Å². The number of aryl methyl sites for hydroxylation is 1. The minimum Gasteiger partial charge on any atom is -0.383 e. The number of hydrogen-bond acceptors (Lipinski definition) is 6. The standard InChI is InChI=1S/C80H61N5OS/c1-2-54-27-29-60(30-28-54)73-53-77-78(72-26-16-15-25-71(72)73)74-52-61(35-45-75(74)85(77)68-40-42-69(43-41-68)86-48-47-81-65-23-13-6-14-24-65)70-44-46-76(80-79(70)82-87-83-80)84(66-36-31-58(32-37-66)55-17-7-3-8-18-55)67-38-33-59(34-39-67)64-50-62(56-19-9-4-10-20-56)49-63(51-64)57-21-11-5-12-22-57/h3-42,44-46,49-53,69,81H,2,43,47-48H2,1H3. The molecule has 1 unspecified atom stereocenters. The summed E-state index contributed by atoms with van der Waals surface area (Å²) in [5.41, 5.74) is 24.4. The number of fused-ring (bicyclic) bond motifs is 6. The van der Waals surface area contributed by atoms with Crippen LogP contribution in [-0.4, -0.2) is 32.6 Å². The van der Waals surface area contributed by atoms with Crippen LogP contribution in [0.2, 0.25) is 0 Å². The molecule has 7 heteroatoms. The molecule has 14 aromatic rings. The van der Waals surface area contributed by atoms with E-state index in [-0.39, 0.29) is 6.10 Å². The Hall–Kier alpha value is -10.4. The quantitative estimate of drug-likeness (QED) is 0.0977. The molecule has 1 atom stereocenters. The molecule has 15 rings (SSSR count). The Balaban J connectivity index is 0.833. The second kappa shape index (κ2) is 23.5. The fourth-order valence-corrected chi connectivity index (χ4v) is 13.2. The fraction of sp³-hybridized carbons (Fsp3) is 0.0750. The van der Waals surface area contributed by atoms with Crippen molar-refractivity contribution in [3.8, 4) is 66.8 Å². The molecule has 0 saturated heterocycles. The largest absolute Gasteiger partial charge is 0.383 e. The van der Waals surface area contributed by atoms with Crippen LogP contribution in [0.5, 0.6) is 0 Å². The minimum atomic E-state index is -0.0165. The number of para-hydroxylation sites is 1. The number of aromatic nitrogens is 3. The molecule has 418 valence electrons. The molecule has 0 saturated carbocycles. The first-order chi connectivity index (χ1) is 43.1. The first kappa shape index (κ1) is 53.3. The summed E-state index contributed by atoms with van der Waals surface area (Å²) in [7, 11) is 0. The summed E-state index contributed by atoms with van der Waals surface area (Å²) in [5, 5.41) is 8.32. The van der Waals surface area contributed by atoms with Gasteiger partial charge in [0.15, 0.2) is 0 Å². The van der Waals surface area contributed by atoms with E-state index in [1.54, 1.807) is 0 Å². The highest BCUT2D eigenvalue weighted by molar-refractivity contribution is 7.00. The molecular formula is C80H61N5OS. The van der Waals surface area contributed by atoms with Crippen molar-refractivity contribution in [3.63, 3.8) is 0 Å². The van der Waals surface area contributed by atoms with Gasteiger partial charge in [0.05, 0.1) is 41.2 Å². The topological polar surface area (TPSA) is 55.2 Å². The molecule has 0 fully saturated rings. The van der Waals surface area contributed by atoms with Crippen molar-refractivity contribution >= 4 is 83.8 Å². The zero-order valence-corrected chi connectivity index (χ0v) is 49.0. The van der Waals surface area contributed by atoms with Gasteiger partial charge in [-0.25, -0.2) is 0 Å². The van der Waals surface area contributed by atoms with E-state index in [1.807, 2.05) is 18.2 Å². The van der Waals surface area contributed by atoms with Crippen molar-refractivity contribution in [2.24, 2.45) is 0 Å². The number of rotatable bonds is 16. The normalized spacial score (nSPS) is 13.2. The smallest absolute Gasteiger partial charge is 0.129 e. The lowest BCUT2D eigenvalue weighted by atomic mass is 9.93. The second-order valence-corrected chi connectivity index (χ2v) is 22.9. The van der Waals surface area contributed by atoms with Crippen molar-refractivity contribution < 1.29 is 4.74 Å². The van der Waals surface area contributed by atoms with Crippen LogP contribution in [0.3, 0.4) is 0 Å². The van der Waals surface area contributed by atoms with E-state index in [0.717, 1.165) is 97.7 Å². The van der Waals surface area contributed by atoms with Gasteiger partial charge in [-0.3, -0.25) is 0 Å². The number of benzene rings is 12.